The van der Waals surface area contributed by atoms with Crippen LogP contribution in [0, 0.1) is 0 Å². The Hall–Kier alpha value is -2.19. The van der Waals surface area contributed by atoms with E-state index in [2.05, 4.69) is 10.3 Å². The minimum Gasteiger partial charge on any atom is -0.451 e. The second-order valence-electron chi connectivity index (χ2n) is 4.55. The first-order valence-corrected chi connectivity index (χ1v) is 8.25. The maximum absolute atomic E-state index is 11.9. The number of nitrogens with zero attached hydrogens (tertiary/aromatic N) is 1. The third-order valence-corrected chi connectivity index (χ3v) is 4.92. The zero-order valence-electron chi connectivity index (χ0n) is 11.9. The number of oxazole rings is 1. The Morgan fingerprint density at radius 2 is 2.05 bits per heavy atom. The highest BCUT2D eigenvalue weighted by Crippen LogP contribution is 2.17. The molecule has 2 N–H and O–H groups in total. The van der Waals surface area contributed by atoms with Gasteiger partial charge in [-0.1, -0.05) is 19.1 Å². The molecule has 118 valence electrons. The summed E-state index contributed by atoms with van der Waals surface area (Å²) in [7, 11) is -3.28. The van der Waals surface area contributed by atoms with Crippen LogP contribution in [0.4, 0.5) is 0 Å². The van der Waals surface area contributed by atoms with Gasteiger partial charge in [0.05, 0.1) is 23.3 Å². The van der Waals surface area contributed by atoms with Gasteiger partial charge in [-0.05, 0) is 17.7 Å². The number of aromatic nitrogens is 1. The summed E-state index contributed by atoms with van der Waals surface area (Å²) in [5.41, 5.74) is 0.693. The van der Waals surface area contributed by atoms with Crippen molar-refractivity contribution in [3.05, 3.63) is 48.2 Å². The zero-order valence-corrected chi connectivity index (χ0v) is 12.7. The first kappa shape index (κ1) is 16.2. The molecule has 0 bridgehead atoms. The third-order valence-electron chi connectivity index (χ3n) is 3.17. The Labute approximate surface area is 127 Å². The van der Waals surface area contributed by atoms with Crippen LogP contribution in [-0.2, 0) is 9.84 Å². The molecule has 1 atom stereocenters. The van der Waals surface area contributed by atoms with E-state index in [9.17, 15) is 18.3 Å². The Kier molecular flexibility index (Phi) is 4.94. The Morgan fingerprint density at radius 1 is 1.36 bits per heavy atom. The van der Waals surface area contributed by atoms with E-state index in [0.717, 1.165) is 6.39 Å². The number of aliphatic hydroxyl groups excluding tert-OH is 1. The minimum atomic E-state index is -3.28. The minimum absolute atomic E-state index is 0.0126. The number of rotatable bonds is 6. The summed E-state index contributed by atoms with van der Waals surface area (Å²) >= 11 is 0. The predicted octanol–water partition coefficient (Wildman–Crippen LogP) is 0.932. The third kappa shape index (κ3) is 3.52. The highest BCUT2D eigenvalue weighted by Gasteiger charge is 2.18. The van der Waals surface area contributed by atoms with E-state index >= 15 is 0 Å². The summed E-state index contributed by atoms with van der Waals surface area (Å²) in [6.45, 7) is 1.24. The lowest BCUT2D eigenvalue weighted by atomic mass is 10.1. The quantitative estimate of drug-likeness (QED) is 0.818. The second-order valence-corrected chi connectivity index (χ2v) is 6.83. The molecule has 7 nitrogen and oxygen atoms in total. The molecule has 1 aromatic carbocycles. The largest absolute Gasteiger partial charge is 0.451 e. The molecule has 2 rings (SSSR count). The highest BCUT2D eigenvalue weighted by atomic mass is 32.2. The van der Waals surface area contributed by atoms with Crippen molar-refractivity contribution < 1.29 is 22.7 Å². The van der Waals surface area contributed by atoms with Crippen LogP contribution < -0.4 is 5.32 Å². The number of benzene rings is 1. The van der Waals surface area contributed by atoms with Crippen molar-refractivity contribution in [3.63, 3.8) is 0 Å². The Bertz CT molecular complexity index is 723. The van der Waals surface area contributed by atoms with Crippen molar-refractivity contribution in [2.75, 3.05) is 12.4 Å². The number of hydrogen-bond acceptors (Lipinski definition) is 6. The number of carbonyl (C=O) groups is 1. The van der Waals surface area contributed by atoms with Gasteiger partial charge in [0.15, 0.2) is 21.9 Å². The fourth-order valence-corrected chi connectivity index (χ4v) is 2.75. The van der Waals surface area contributed by atoms with Crippen molar-refractivity contribution in [2.24, 2.45) is 0 Å². The van der Waals surface area contributed by atoms with Crippen LogP contribution in [0.25, 0.3) is 0 Å². The average Bonchev–Trinajstić information content (AvgIpc) is 3.07. The van der Waals surface area contributed by atoms with Crippen molar-refractivity contribution in [3.8, 4) is 0 Å². The van der Waals surface area contributed by atoms with Gasteiger partial charge in [0.25, 0.3) is 5.91 Å². The van der Waals surface area contributed by atoms with Crippen LogP contribution in [0.3, 0.4) is 0 Å². The molecule has 1 amide bonds. The van der Waals surface area contributed by atoms with Gasteiger partial charge in [0.1, 0.15) is 6.26 Å². The lowest BCUT2D eigenvalue weighted by Crippen LogP contribution is -2.31. The topological polar surface area (TPSA) is 110 Å². The molecular weight excluding hydrogens is 308 g/mol. The van der Waals surface area contributed by atoms with Gasteiger partial charge < -0.3 is 14.8 Å². The molecule has 0 fully saturated rings. The fourth-order valence-electron chi connectivity index (χ4n) is 1.87. The van der Waals surface area contributed by atoms with Crippen molar-refractivity contribution in [1.82, 2.24) is 10.3 Å². The van der Waals surface area contributed by atoms with Gasteiger partial charge in [-0.3, -0.25) is 4.79 Å². The predicted molar refractivity (Wildman–Crippen MR) is 78.0 cm³/mol. The Balaban J connectivity index is 2.16. The van der Waals surface area contributed by atoms with Crippen LogP contribution >= 0.6 is 0 Å². The van der Waals surface area contributed by atoms with Crippen molar-refractivity contribution in [2.45, 2.75) is 17.9 Å². The van der Waals surface area contributed by atoms with Gasteiger partial charge in [0.2, 0.25) is 0 Å². The number of hydrogen-bond donors (Lipinski definition) is 2. The summed E-state index contributed by atoms with van der Waals surface area (Å²) < 4.78 is 28.2. The highest BCUT2D eigenvalue weighted by molar-refractivity contribution is 7.91. The van der Waals surface area contributed by atoms with Crippen molar-refractivity contribution in [1.29, 1.82) is 0 Å². The zero-order chi connectivity index (χ0) is 16.2. The molecule has 8 heteroatoms. The molecule has 0 aliphatic carbocycles. The van der Waals surface area contributed by atoms with Crippen LogP contribution in [0.2, 0.25) is 0 Å². The maximum atomic E-state index is 11.9. The lowest BCUT2D eigenvalue weighted by molar-refractivity contribution is 0.0911. The lowest BCUT2D eigenvalue weighted by Gasteiger charge is -2.16. The van der Waals surface area contributed by atoms with E-state index in [4.69, 9.17) is 4.42 Å². The average molecular weight is 324 g/mol. The number of sulfone groups is 1. The molecule has 0 aliphatic rings. The van der Waals surface area contributed by atoms with Crippen molar-refractivity contribution >= 4 is 15.7 Å². The van der Waals surface area contributed by atoms with E-state index in [-0.39, 0.29) is 22.9 Å². The van der Waals surface area contributed by atoms with E-state index in [1.54, 1.807) is 19.1 Å². The normalized spacial score (nSPS) is 12.8. The maximum Gasteiger partial charge on any atom is 0.273 e. The molecule has 2 aromatic rings. The molecule has 1 heterocycles. The Morgan fingerprint density at radius 3 is 2.55 bits per heavy atom. The van der Waals surface area contributed by atoms with E-state index in [0.29, 0.717) is 5.56 Å². The number of amides is 1. The fraction of sp³-hybridized carbons (Fsp3) is 0.286. The number of carbonyl (C=O) groups excluding carboxylic acids is 1. The molecule has 0 spiro atoms. The standard InChI is InChI=1S/C14H16N2O5S/c1-2-22(19,20)11-5-3-10(4-6-11)12(7-17)16-14(18)13-8-21-9-15-13/h3-6,8-9,12,17H,2,7H2,1H3,(H,16,18)/t12-/m0/s1. The molecule has 0 saturated carbocycles. The molecule has 0 unspecified atom stereocenters. The van der Waals surface area contributed by atoms with Gasteiger partial charge in [-0.25, -0.2) is 13.4 Å². The smallest absolute Gasteiger partial charge is 0.273 e. The summed E-state index contributed by atoms with van der Waals surface area (Å²) in [5.74, 6) is -0.475. The van der Waals surface area contributed by atoms with Gasteiger partial charge in [0, 0.05) is 0 Å². The van der Waals surface area contributed by atoms with Crippen LogP contribution in [0.1, 0.15) is 29.0 Å². The second kappa shape index (κ2) is 6.71. The van der Waals surface area contributed by atoms with E-state index in [1.807, 2.05) is 0 Å². The van der Waals surface area contributed by atoms with Crippen LogP contribution in [-0.4, -0.2) is 36.8 Å². The number of aliphatic hydroxyl groups is 1. The summed E-state index contributed by atoms with van der Waals surface area (Å²) in [5, 5.41) is 12.0. The number of nitrogens with one attached hydrogen (secondary N) is 1. The van der Waals surface area contributed by atoms with Crippen LogP contribution in [0.15, 0.2) is 46.2 Å². The first-order valence-electron chi connectivity index (χ1n) is 6.60. The molecule has 1 aromatic heterocycles. The summed E-state index contributed by atoms with van der Waals surface area (Å²) in [4.78, 5) is 15.8. The molecule has 22 heavy (non-hydrogen) atoms. The SMILES string of the molecule is CCS(=O)(=O)c1ccc([C@H](CO)NC(=O)c2cocn2)cc1. The molecule has 0 saturated heterocycles. The van der Waals surface area contributed by atoms with Gasteiger partial charge >= 0.3 is 0 Å². The summed E-state index contributed by atoms with van der Waals surface area (Å²) in [6.07, 6.45) is 2.33. The monoisotopic (exact) mass is 324 g/mol. The van der Waals surface area contributed by atoms with E-state index < -0.39 is 21.8 Å². The molecule has 0 radical (unpaired) electrons. The van der Waals surface area contributed by atoms with Crippen LogP contribution in [0.5, 0.6) is 0 Å². The van der Waals surface area contributed by atoms with E-state index in [1.165, 1.54) is 18.4 Å². The van der Waals surface area contributed by atoms with Gasteiger partial charge in [-0.15, -0.1) is 0 Å². The summed E-state index contributed by atoms with van der Waals surface area (Å²) in [6, 6.07) is 5.37. The molecule has 0 aliphatic heterocycles. The van der Waals surface area contributed by atoms with Gasteiger partial charge in [-0.2, -0.15) is 0 Å². The molecular formula is C14H16N2O5S. The first-order chi connectivity index (χ1) is 10.5.